The molecule has 0 spiro atoms. The fourth-order valence-electron chi connectivity index (χ4n) is 4.06. The number of para-hydroxylation sites is 2. The van der Waals surface area contributed by atoms with Gasteiger partial charge >= 0.3 is 0 Å². The van der Waals surface area contributed by atoms with Crippen LogP contribution in [0.15, 0.2) is 66.7 Å². The van der Waals surface area contributed by atoms with Gasteiger partial charge in [-0.05, 0) is 94.3 Å². The van der Waals surface area contributed by atoms with Crippen LogP contribution < -0.4 is 9.64 Å². The second kappa shape index (κ2) is 9.02. The summed E-state index contributed by atoms with van der Waals surface area (Å²) < 4.78 is 6.32. The van der Waals surface area contributed by atoms with Crippen molar-refractivity contribution >= 4 is 17.1 Å². The van der Waals surface area contributed by atoms with Gasteiger partial charge in [0.1, 0.15) is 23.0 Å². The van der Waals surface area contributed by atoms with Crippen LogP contribution in [-0.2, 0) is 0 Å². The molecule has 5 heteroatoms. The van der Waals surface area contributed by atoms with E-state index in [1.165, 1.54) is 0 Å². The molecule has 0 amide bonds. The lowest BCUT2D eigenvalue weighted by Crippen LogP contribution is -2.14. The Morgan fingerprint density at radius 3 is 1.65 bits per heavy atom. The Kier molecular flexibility index (Phi) is 6.12. The lowest BCUT2D eigenvalue weighted by molar-refractivity contribution is 0.448. The molecule has 0 saturated heterocycles. The van der Waals surface area contributed by atoms with Crippen LogP contribution in [-0.4, -0.2) is 15.3 Å². The number of rotatable bonds is 5. The average Bonchev–Trinajstić information content (AvgIpc) is 2.79. The Morgan fingerprint density at radius 1 is 0.529 bits per heavy atom. The molecule has 0 aliphatic rings. The monoisotopic (exact) mass is 455 g/mol. The zero-order valence-corrected chi connectivity index (χ0v) is 20.0. The number of hydrogen-bond acceptors (Lipinski definition) is 5. The van der Waals surface area contributed by atoms with E-state index in [1.807, 2.05) is 75.1 Å². The van der Waals surface area contributed by atoms with Crippen molar-refractivity contribution in [3.05, 3.63) is 94.5 Å². The highest BCUT2D eigenvalue weighted by Crippen LogP contribution is 2.47. The Bertz CT molecular complexity index is 1320. The Labute approximate surface area is 200 Å². The molecule has 0 saturated carbocycles. The normalized spacial score (nSPS) is 10.9. The fraction of sp³-hybridized carbons (Fsp3) is 0.172. The van der Waals surface area contributed by atoms with Crippen molar-refractivity contribution in [1.29, 1.82) is 0 Å². The number of nitrogens with zero attached hydrogens (tertiary/aromatic N) is 1. The number of phenols is 3. The third kappa shape index (κ3) is 4.25. The van der Waals surface area contributed by atoms with Gasteiger partial charge in [0.05, 0.1) is 17.1 Å². The molecule has 3 N–H and O–H groups in total. The number of anilines is 3. The molecule has 0 heterocycles. The Hall–Kier alpha value is -4.12. The average molecular weight is 456 g/mol. The highest BCUT2D eigenvalue weighted by molar-refractivity contribution is 5.85. The summed E-state index contributed by atoms with van der Waals surface area (Å²) in [6, 6.07) is 20.2. The number of phenolic OH excluding ortho intramolecular Hbond substituents is 3. The number of benzene rings is 4. The van der Waals surface area contributed by atoms with E-state index >= 15 is 0 Å². The molecule has 0 aromatic heterocycles. The summed E-state index contributed by atoms with van der Waals surface area (Å²) in [5.74, 6) is 1.65. The lowest BCUT2D eigenvalue weighted by atomic mass is 10.0. The zero-order valence-electron chi connectivity index (χ0n) is 20.0. The molecule has 0 aliphatic carbocycles. The zero-order chi connectivity index (χ0) is 24.6. The van der Waals surface area contributed by atoms with Crippen molar-refractivity contribution in [2.24, 2.45) is 0 Å². The van der Waals surface area contributed by atoms with Crippen LogP contribution in [0.4, 0.5) is 17.1 Å². The topological polar surface area (TPSA) is 73.2 Å². The molecule has 0 radical (unpaired) electrons. The summed E-state index contributed by atoms with van der Waals surface area (Å²) in [6.07, 6.45) is 0. The second-order valence-corrected chi connectivity index (χ2v) is 8.66. The molecule has 174 valence electrons. The highest BCUT2D eigenvalue weighted by Gasteiger charge is 2.23. The quantitative estimate of drug-likeness (QED) is 0.289. The number of hydrogen-bond donors (Lipinski definition) is 3. The van der Waals surface area contributed by atoms with E-state index < -0.39 is 0 Å². The van der Waals surface area contributed by atoms with Crippen LogP contribution >= 0.6 is 0 Å². The highest BCUT2D eigenvalue weighted by atomic mass is 16.5. The molecule has 34 heavy (non-hydrogen) atoms. The summed E-state index contributed by atoms with van der Waals surface area (Å²) in [4.78, 5) is 2.00. The van der Waals surface area contributed by atoms with Crippen LogP contribution in [0, 0.1) is 34.6 Å². The first kappa shape index (κ1) is 23.1. The van der Waals surface area contributed by atoms with E-state index in [0.29, 0.717) is 28.2 Å². The van der Waals surface area contributed by atoms with Gasteiger partial charge in [-0.25, -0.2) is 0 Å². The van der Waals surface area contributed by atoms with Gasteiger partial charge in [-0.3, -0.25) is 0 Å². The van der Waals surface area contributed by atoms with Gasteiger partial charge in [0.15, 0.2) is 5.75 Å². The molecule has 0 aliphatic heterocycles. The van der Waals surface area contributed by atoms with Crippen LogP contribution in [0.2, 0.25) is 0 Å². The van der Waals surface area contributed by atoms with Crippen LogP contribution in [0.5, 0.6) is 28.7 Å². The first-order chi connectivity index (χ1) is 16.2. The van der Waals surface area contributed by atoms with Crippen molar-refractivity contribution in [2.75, 3.05) is 4.90 Å². The lowest BCUT2D eigenvalue weighted by Gasteiger charge is -2.31. The molecule has 4 aromatic carbocycles. The molecule has 4 rings (SSSR count). The summed E-state index contributed by atoms with van der Waals surface area (Å²) >= 11 is 0. The van der Waals surface area contributed by atoms with Gasteiger partial charge < -0.3 is 25.0 Å². The minimum absolute atomic E-state index is 0.158. The maximum absolute atomic E-state index is 10.6. The summed E-state index contributed by atoms with van der Waals surface area (Å²) in [6.45, 7) is 9.40. The smallest absolute Gasteiger partial charge is 0.151 e. The molecule has 0 atom stereocenters. The van der Waals surface area contributed by atoms with Crippen molar-refractivity contribution in [3.8, 4) is 28.7 Å². The van der Waals surface area contributed by atoms with Crippen molar-refractivity contribution in [2.45, 2.75) is 34.6 Å². The van der Waals surface area contributed by atoms with Gasteiger partial charge in [0, 0.05) is 16.7 Å². The van der Waals surface area contributed by atoms with Gasteiger partial charge in [-0.1, -0.05) is 18.2 Å². The van der Waals surface area contributed by atoms with Gasteiger partial charge in [0.2, 0.25) is 0 Å². The van der Waals surface area contributed by atoms with Gasteiger partial charge in [-0.2, -0.15) is 0 Å². The largest absolute Gasteiger partial charge is 0.508 e. The SMILES string of the molecule is Cc1cc(O)c(C)c(N(c2ccccc2Oc2cccc(O)c2C)c2cc(C)cc(O)c2C)c1. The molecular formula is C29H29NO4. The number of ether oxygens (including phenoxy) is 1. The van der Waals surface area contributed by atoms with Crippen molar-refractivity contribution < 1.29 is 20.1 Å². The Morgan fingerprint density at radius 2 is 1.06 bits per heavy atom. The molecule has 0 fully saturated rings. The maximum Gasteiger partial charge on any atom is 0.151 e. The predicted molar refractivity (Wildman–Crippen MR) is 136 cm³/mol. The van der Waals surface area contributed by atoms with Crippen molar-refractivity contribution in [3.63, 3.8) is 0 Å². The minimum Gasteiger partial charge on any atom is -0.508 e. The van der Waals surface area contributed by atoms with Gasteiger partial charge in [0.25, 0.3) is 0 Å². The van der Waals surface area contributed by atoms with Crippen LogP contribution in [0.1, 0.15) is 27.8 Å². The third-order valence-electron chi connectivity index (χ3n) is 6.06. The van der Waals surface area contributed by atoms with E-state index in [-0.39, 0.29) is 17.2 Å². The summed E-state index contributed by atoms with van der Waals surface area (Å²) in [5.41, 5.74) is 6.12. The minimum atomic E-state index is 0.158. The first-order valence-electron chi connectivity index (χ1n) is 11.1. The third-order valence-corrected chi connectivity index (χ3v) is 6.06. The number of aryl methyl sites for hydroxylation is 2. The molecule has 5 nitrogen and oxygen atoms in total. The van der Waals surface area contributed by atoms with Crippen molar-refractivity contribution in [1.82, 2.24) is 0 Å². The van der Waals surface area contributed by atoms with E-state index in [0.717, 1.165) is 28.2 Å². The summed E-state index contributed by atoms with van der Waals surface area (Å²) in [7, 11) is 0. The standard InChI is InChI=1S/C29H29NO4/c1-17-13-23(19(3)26(32)15-17)30(24-14-18(2)16-27(33)20(24)4)22-9-6-7-11-29(22)34-28-12-8-10-25(31)21(28)5/h6-16,31-33H,1-5H3. The second-order valence-electron chi connectivity index (χ2n) is 8.66. The molecule has 0 bridgehead atoms. The molecule has 0 unspecified atom stereocenters. The summed E-state index contributed by atoms with van der Waals surface area (Å²) in [5, 5.41) is 31.4. The molecular weight excluding hydrogens is 426 g/mol. The Balaban J connectivity index is 2.00. The van der Waals surface area contributed by atoms with E-state index in [2.05, 4.69) is 0 Å². The van der Waals surface area contributed by atoms with Gasteiger partial charge in [-0.15, -0.1) is 0 Å². The van der Waals surface area contributed by atoms with Crippen LogP contribution in [0.25, 0.3) is 0 Å². The number of aromatic hydroxyl groups is 3. The van der Waals surface area contributed by atoms with E-state index in [1.54, 1.807) is 31.2 Å². The predicted octanol–water partition coefficient (Wildman–Crippen LogP) is 7.61. The fourth-order valence-corrected chi connectivity index (χ4v) is 4.06. The first-order valence-corrected chi connectivity index (χ1v) is 11.1. The maximum atomic E-state index is 10.6. The van der Waals surface area contributed by atoms with Crippen LogP contribution in [0.3, 0.4) is 0 Å². The van der Waals surface area contributed by atoms with E-state index in [9.17, 15) is 15.3 Å². The van der Waals surface area contributed by atoms with E-state index in [4.69, 9.17) is 4.74 Å². The molecule has 4 aromatic rings.